The van der Waals surface area contributed by atoms with Gasteiger partial charge in [-0.3, -0.25) is 9.59 Å². The first-order valence-electron chi connectivity index (χ1n) is 13.4. The Morgan fingerprint density at radius 2 is 2.05 bits per heavy atom. The maximum atomic E-state index is 12.9. The van der Waals surface area contributed by atoms with Gasteiger partial charge in [-0.2, -0.15) is 0 Å². The van der Waals surface area contributed by atoms with Crippen LogP contribution in [0.5, 0.6) is 11.5 Å². The van der Waals surface area contributed by atoms with Crippen molar-refractivity contribution in [2.24, 2.45) is 17.8 Å². The molecule has 2 heterocycles. The van der Waals surface area contributed by atoms with E-state index in [1.54, 1.807) is 21.0 Å². The van der Waals surface area contributed by atoms with Crippen molar-refractivity contribution < 1.29 is 33.7 Å². The molecule has 2 unspecified atom stereocenters. The van der Waals surface area contributed by atoms with E-state index >= 15 is 0 Å². The normalized spacial score (nSPS) is 30.2. The monoisotopic (exact) mass is 514 g/mol. The number of methoxy groups -OCH3 is 1. The highest BCUT2D eigenvalue weighted by Crippen LogP contribution is 2.65. The van der Waals surface area contributed by atoms with Gasteiger partial charge in [-0.25, -0.2) is 4.79 Å². The number of piperidine rings is 1. The molecular formula is C28H38N2O7. The Morgan fingerprint density at radius 1 is 1.27 bits per heavy atom. The van der Waals surface area contributed by atoms with E-state index in [-0.39, 0.29) is 48.8 Å². The van der Waals surface area contributed by atoms with Crippen molar-refractivity contribution in [2.75, 3.05) is 27.3 Å². The number of hydrogen-bond donors (Lipinski definition) is 2. The van der Waals surface area contributed by atoms with Crippen LogP contribution in [-0.2, 0) is 31.0 Å². The van der Waals surface area contributed by atoms with Gasteiger partial charge in [0, 0.05) is 22.9 Å². The fourth-order valence-electron chi connectivity index (χ4n) is 7.50. The van der Waals surface area contributed by atoms with Gasteiger partial charge < -0.3 is 29.5 Å². The second kappa shape index (κ2) is 9.82. The SMILES string of the molecule is COc1ccc2c3c1O[C@H]1[C@@H](CC(=O)OCCC(=O)NC(C(=O)O)C(C)C)CCC4[C@@H](C2)N(C)CC[C@@]341. The van der Waals surface area contributed by atoms with Crippen molar-refractivity contribution in [3.8, 4) is 11.5 Å². The van der Waals surface area contributed by atoms with E-state index in [9.17, 15) is 19.5 Å². The Labute approximate surface area is 217 Å². The number of hydrogen-bond acceptors (Lipinski definition) is 7. The third kappa shape index (κ3) is 4.25. The molecule has 2 fully saturated rings. The van der Waals surface area contributed by atoms with Crippen LogP contribution in [0, 0.1) is 17.8 Å². The highest BCUT2D eigenvalue weighted by molar-refractivity contribution is 5.84. The lowest BCUT2D eigenvalue weighted by Crippen LogP contribution is -2.65. The predicted octanol–water partition coefficient (Wildman–Crippen LogP) is 2.53. The summed E-state index contributed by atoms with van der Waals surface area (Å²) in [4.78, 5) is 38.9. The van der Waals surface area contributed by atoms with Gasteiger partial charge in [-0.1, -0.05) is 19.9 Å². The molecule has 6 atom stereocenters. The fourth-order valence-corrected chi connectivity index (χ4v) is 7.50. The molecule has 1 aromatic carbocycles. The molecule has 9 heteroatoms. The maximum absolute atomic E-state index is 12.9. The van der Waals surface area contributed by atoms with Gasteiger partial charge >= 0.3 is 11.9 Å². The standard InChI is InChI=1S/C28H38N2O7/c1-15(2)24(27(33)34)29-21(31)9-12-36-22(32)14-17-5-7-18-19-13-16-6-8-20(35-4)25-23(16)28(18,26(17)37-25)10-11-30(19)3/h6,8,15,17-19,24,26H,5,7,9-14H2,1-4H3,(H,29,31)(H,33,34)/t17-,18?,19-,24?,26+,28+/m1/s1. The van der Waals surface area contributed by atoms with Crippen molar-refractivity contribution in [2.45, 2.75) is 76.0 Å². The van der Waals surface area contributed by atoms with Gasteiger partial charge in [0.2, 0.25) is 5.91 Å². The zero-order valence-corrected chi connectivity index (χ0v) is 22.1. The molecule has 5 rings (SSSR count). The minimum atomic E-state index is -1.08. The summed E-state index contributed by atoms with van der Waals surface area (Å²) >= 11 is 0. The number of esters is 1. The second-order valence-electron chi connectivity index (χ2n) is 11.5. The third-order valence-corrected chi connectivity index (χ3v) is 9.19. The summed E-state index contributed by atoms with van der Waals surface area (Å²) in [5.41, 5.74) is 2.53. The zero-order chi connectivity index (χ0) is 26.5. The highest BCUT2D eigenvalue weighted by atomic mass is 16.5. The van der Waals surface area contributed by atoms with Crippen LogP contribution in [0.2, 0.25) is 0 Å². The largest absolute Gasteiger partial charge is 0.493 e. The summed E-state index contributed by atoms with van der Waals surface area (Å²) in [6.45, 7) is 4.38. The van der Waals surface area contributed by atoms with Crippen LogP contribution in [0.25, 0.3) is 0 Å². The molecule has 0 aromatic heterocycles. The van der Waals surface area contributed by atoms with E-state index in [0.29, 0.717) is 12.0 Å². The molecule has 0 radical (unpaired) electrons. The first kappa shape index (κ1) is 25.8. The molecule has 1 saturated carbocycles. The number of likely N-dealkylation sites (N-methyl/N-ethyl adjacent to an activating group) is 1. The van der Waals surface area contributed by atoms with Crippen LogP contribution >= 0.6 is 0 Å². The fraction of sp³-hybridized carbons (Fsp3) is 0.679. The molecule has 37 heavy (non-hydrogen) atoms. The van der Waals surface area contributed by atoms with E-state index in [1.165, 1.54) is 11.1 Å². The lowest BCUT2D eigenvalue weighted by Gasteiger charge is -2.59. The number of carbonyl (C=O) groups excluding carboxylic acids is 2. The molecule has 9 nitrogen and oxygen atoms in total. The van der Waals surface area contributed by atoms with E-state index in [2.05, 4.69) is 23.3 Å². The minimum Gasteiger partial charge on any atom is -0.493 e. The Bertz CT molecular complexity index is 1090. The number of carbonyl (C=O) groups is 3. The van der Waals surface area contributed by atoms with E-state index < -0.39 is 17.9 Å². The molecule has 4 aliphatic rings. The number of carboxylic acid groups (broad SMARTS) is 1. The number of likely N-dealkylation sites (tertiary alicyclic amines) is 1. The molecule has 1 saturated heterocycles. The number of ether oxygens (including phenoxy) is 3. The number of amides is 1. The number of benzene rings is 1. The molecule has 2 N–H and O–H groups in total. The summed E-state index contributed by atoms with van der Waals surface area (Å²) in [6.07, 6.45) is 3.99. The van der Waals surface area contributed by atoms with Crippen LogP contribution < -0.4 is 14.8 Å². The highest BCUT2D eigenvalue weighted by Gasteiger charge is 2.65. The first-order valence-corrected chi connectivity index (χ1v) is 13.4. The van der Waals surface area contributed by atoms with Gasteiger partial charge in [0.25, 0.3) is 0 Å². The number of nitrogens with zero attached hydrogens (tertiary/aromatic N) is 1. The maximum Gasteiger partial charge on any atom is 0.326 e. The van der Waals surface area contributed by atoms with Gasteiger partial charge in [0.1, 0.15) is 18.8 Å². The van der Waals surface area contributed by atoms with Crippen LogP contribution in [0.1, 0.15) is 57.1 Å². The summed E-state index contributed by atoms with van der Waals surface area (Å²) in [6, 6.07) is 3.69. The Morgan fingerprint density at radius 3 is 2.76 bits per heavy atom. The lowest BCUT2D eigenvalue weighted by molar-refractivity contribution is -0.149. The van der Waals surface area contributed by atoms with Crippen LogP contribution in [0.15, 0.2) is 12.1 Å². The number of aliphatic carboxylic acids is 1. The van der Waals surface area contributed by atoms with Crippen molar-refractivity contribution in [3.63, 3.8) is 0 Å². The van der Waals surface area contributed by atoms with Gasteiger partial charge in [0.15, 0.2) is 11.5 Å². The molecule has 2 aliphatic heterocycles. The van der Waals surface area contributed by atoms with Crippen molar-refractivity contribution in [1.29, 1.82) is 0 Å². The van der Waals surface area contributed by atoms with Crippen LogP contribution in [0.3, 0.4) is 0 Å². The van der Waals surface area contributed by atoms with Crippen molar-refractivity contribution in [3.05, 3.63) is 23.3 Å². The molecule has 2 aliphatic carbocycles. The third-order valence-electron chi connectivity index (χ3n) is 9.19. The van der Waals surface area contributed by atoms with Crippen molar-refractivity contribution >= 4 is 17.8 Å². The zero-order valence-electron chi connectivity index (χ0n) is 22.1. The van der Waals surface area contributed by atoms with Gasteiger partial charge in [-0.05, 0) is 62.7 Å². The molecule has 1 spiro atoms. The van der Waals surface area contributed by atoms with Crippen LogP contribution in [0.4, 0.5) is 0 Å². The first-order chi connectivity index (χ1) is 17.7. The average molecular weight is 515 g/mol. The Hall–Kier alpha value is -2.81. The molecular weight excluding hydrogens is 476 g/mol. The molecule has 2 bridgehead atoms. The molecule has 1 aromatic rings. The van der Waals surface area contributed by atoms with Crippen molar-refractivity contribution in [1.82, 2.24) is 10.2 Å². The molecule has 1 amide bonds. The van der Waals surface area contributed by atoms with Crippen LogP contribution in [-0.4, -0.2) is 73.3 Å². The summed E-state index contributed by atoms with van der Waals surface area (Å²) in [5, 5.41) is 11.8. The Kier molecular flexibility index (Phi) is 6.85. The van der Waals surface area contributed by atoms with E-state index in [1.807, 2.05) is 6.07 Å². The van der Waals surface area contributed by atoms with Gasteiger partial charge in [0.05, 0.1) is 20.0 Å². The van der Waals surface area contributed by atoms with Gasteiger partial charge in [-0.15, -0.1) is 0 Å². The Balaban J connectivity index is 1.27. The lowest BCUT2D eigenvalue weighted by atomic mass is 9.50. The summed E-state index contributed by atoms with van der Waals surface area (Å²) < 4.78 is 17.8. The quantitative estimate of drug-likeness (QED) is 0.484. The number of rotatable bonds is 9. The molecule has 202 valence electrons. The number of nitrogens with one attached hydrogen (secondary N) is 1. The van der Waals surface area contributed by atoms with E-state index in [0.717, 1.165) is 43.7 Å². The number of carboxylic acids is 1. The summed E-state index contributed by atoms with van der Waals surface area (Å²) in [7, 11) is 3.89. The smallest absolute Gasteiger partial charge is 0.326 e. The second-order valence-corrected chi connectivity index (χ2v) is 11.5. The van der Waals surface area contributed by atoms with E-state index in [4.69, 9.17) is 14.2 Å². The average Bonchev–Trinajstić information content (AvgIpc) is 3.20. The minimum absolute atomic E-state index is 0.0158. The predicted molar refractivity (Wildman–Crippen MR) is 135 cm³/mol. The summed E-state index contributed by atoms with van der Waals surface area (Å²) in [5.74, 6) is -0.00238. The topological polar surface area (TPSA) is 114 Å².